The Bertz CT molecular complexity index is 256. The van der Waals surface area contributed by atoms with E-state index in [0.29, 0.717) is 11.1 Å². The summed E-state index contributed by atoms with van der Waals surface area (Å²) in [5, 5.41) is 0. The van der Waals surface area contributed by atoms with Gasteiger partial charge in [-0.25, -0.2) is 8.78 Å². The molecule has 1 rings (SSSR count). The monoisotopic (exact) mass is 170 g/mol. The molecule has 0 nitrogen and oxygen atoms in total. The number of hydrogen-bond acceptors (Lipinski definition) is 0. The lowest BCUT2D eigenvalue weighted by Crippen LogP contribution is -1.91. The van der Waals surface area contributed by atoms with Gasteiger partial charge in [0.1, 0.15) is 13.3 Å². The van der Waals surface area contributed by atoms with Gasteiger partial charge in [-0.05, 0) is 23.1 Å². The first-order valence-electron chi connectivity index (χ1n) is 4.04. The molecule has 1 aromatic carbocycles. The van der Waals surface area contributed by atoms with Crippen molar-refractivity contribution < 1.29 is 8.78 Å². The quantitative estimate of drug-likeness (QED) is 0.653. The molecule has 2 heteroatoms. The second-order valence-corrected chi connectivity index (χ2v) is 2.72. The Morgan fingerprint density at radius 1 is 1.08 bits per heavy atom. The van der Waals surface area contributed by atoms with E-state index in [2.05, 4.69) is 0 Å². The molecule has 0 aliphatic carbocycles. The second-order valence-electron chi connectivity index (χ2n) is 2.72. The van der Waals surface area contributed by atoms with Crippen molar-refractivity contribution in [1.29, 1.82) is 0 Å². The first-order valence-corrected chi connectivity index (χ1v) is 4.04. The van der Waals surface area contributed by atoms with E-state index in [1.54, 1.807) is 12.1 Å². The van der Waals surface area contributed by atoms with Gasteiger partial charge in [-0.2, -0.15) is 0 Å². The van der Waals surface area contributed by atoms with Crippen LogP contribution in [0.5, 0.6) is 0 Å². The Morgan fingerprint density at radius 2 is 1.75 bits per heavy atom. The summed E-state index contributed by atoms with van der Waals surface area (Å²) in [6.45, 7) is 0.836. The maximum Gasteiger partial charge on any atom is 0.115 e. The Morgan fingerprint density at radius 3 is 2.25 bits per heavy atom. The molecular weight excluding hydrogens is 158 g/mol. The summed E-state index contributed by atoms with van der Waals surface area (Å²) in [7, 11) is 0. The Kier molecular flexibility index (Phi) is 3.20. The van der Waals surface area contributed by atoms with Gasteiger partial charge >= 0.3 is 0 Å². The summed E-state index contributed by atoms with van der Waals surface area (Å²) in [5.74, 6) is 0. The van der Waals surface area contributed by atoms with Crippen molar-refractivity contribution in [2.75, 3.05) is 0 Å². The van der Waals surface area contributed by atoms with Crippen LogP contribution in [0, 0.1) is 0 Å². The molecule has 0 heterocycles. The zero-order chi connectivity index (χ0) is 8.97. The van der Waals surface area contributed by atoms with Crippen LogP contribution in [0.15, 0.2) is 18.2 Å². The molecule has 66 valence electrons. The van der Waals surface area contributed by atoms with Crippen molar-refractivity contribution in [2.45, 2.75) is 26.7 Å². The average Bonchev–Trinajstić information content (AvgIpc) is 2.16. The minimum absolute atomic E-state index is 0.467. The van der Waals surface area contributed by atoms with E-state index in [1.807, 2.05) is 13.0 Å². The summed E-state index contributed by atoms with van der Waals surface area (Å²) in [6, 6.07) is 5.23. The Labute approximate surface area is 71.2 Å². The van der Waals surface area contributed by atoms with Gasteiger partial charge in [-0.15, -0.1) is 0 Å². The van der Waals surface area contributed by atoms with Crippen molar-refractivity contribution in [3.8, 4) is 0 Å². The fraction of sp³-hybridized carbons (Fsp3) is 0.400. The number of hydrogen-bond donors (Lipinski definition) is 0. The standard InChI is InChI=1S/C10H12F2/c1-2-8-3-4-9(6-11)10(5-8)7-12/h3-5H,2,6-7H2,1H3. The van der Waals surface area contributed by atoms with E-state index in [9.17, 15) is 8.78 Å². The van der Waals surface area contributed by atoms with Crippen molar-refractivity contribution >= 4 is 0 Å². The van der Waals surface area contributed by atoms with Gasteiger partial charge in [-0.3, -0.25) is 0 Å². The van der Waals surface area contributed by atoms with Crippen LogP contribution in [0.25, 0.3) is 0 Å². The molecule has 0 amide bonds. The van der Waals surface area contributed by atoms with Crippen LogP contribution >= 0.6 is 0 Å². The zero-order valence-electron chi connectivity index (χ0n) is 7.11. The largest absolute Gasteiger partial charge is 0.246 e. The van der Waals surface area contributed by atoms with Gasteiger partial charge in [0.2, 0.25) is 0 Å². The summed E-state index contributed by atoms with van der Waals surface area (Å²) >= 11 is 0. The molecule has 0 atom stereocenters. The molecule has 0 saturated heterocycles. The number of benzene rings is 1. The van der Waals surface area contributed by atoms with E-state index in [-0.39, 0.29) is 0 Å². The number of alkyl halides is 2. The molecule has 0 fully saturated rings. The van der Waals surface area contributed by atoms with Gasteiger partial charge in [0.05, 0.1) is 0 Å². The molecular formula is C10H12F2. The molecule has 0 N–H and O–H groups in total. The van der Waals surface area contributed by atoms with Crippen LogP contribution in [-0.2, 0) is 19.8 Å². The van der Waals surface area contributed by atoms with Crippen molar-refractivity contribution in [1.82, 2.24) is 0 Å². The van der Waals surface area contributed by atoms with Gasteiger partial charge in [0.15, 0.2) is 0 Å². The molecule has 0 aliphatic rings. The zero-order valence-corrected chi connectivity index (χ0v) is 7.11. The highest BCUT2D eigenvalue weighted by atomic mass is 19.1. The number of rotatable bonds is 3. The van der Waals surface area contributed by atoms with Crippen LogP contribution in [0.1, 0.15) is 23.6 Å². The lowest BCUT2D eigenvalue weighted by atomic mass is 10.0. The molecule has 0 spiro atoms. The average molecular weight is 170 g/mol. The lowest BCUT2D eigenvalue weighted by Gasteiger charge is -2.04. The normalized spacial score (nSPS) is 10.2. The third-order valence-electron chi connectivity index (χ3n) is 1.97. The first-order chi connectivity index (χ1) is 5.81. The summed E-state index contributed by atoms with van der Waals surface area (Å²) in [4.78, 5) is 0. The summed E-state index contributed by atoms with van der Waals surface area (Å²) < 4.78 is 24.6. The SMILES string of the molecule is CCc1ccc(CF)c(CF)c1. The molecule has 0 aromatic heterocycles. The van der Waals surface area contributed by atoms with Crippen molar-refractivity contribution in [3.05, 3.63) is 34.9 Å². The Hall–Kier alpha value is -0.920. The molecule has 12 heavy (non-hydrogen) atoms. The lowest BCUT2D eigenvalue weighted by molar-refractivity contribution is 0.454. The summed E-state index contributed by atoms with van der Waals surface area (Å²) in [6.07, 6.45) is 0.861. The highest BCUT2D eigenvalue weighted by Gasteiger charge is 2.02. The molecule has 0 unspecified atom stereocenters. The van der Waals surface area contributed by atoms with Crippen LogP contribution in [0.2, 0.25) is 0 Å². The van der Waals surface area contributed by atoms with Gasteiger partial charge < -0.3 is 0 Å². The maximum absolute atomic E-state index is 12.3. The van der Waals surface area contributed by atoms with E-state index in [1.165, 1.54) is 0 Å². The van der Waals surface area contributed by atoms with E-state index >= 15 is 0 Å². The second kappa shape index (κ2) is 4.19. The highest BCUT2D eigenvalue weighted by molar-refractivity contribution is 5.31. The fourth-order valence-corrected chi connectivity index (χ4v) is 1.15. The van der Waals surface area contributed by atoms with E-state index in [0.717, 1.165) is 12.0 Å². The topological polar surface area (TPSA) is 0 Å². The van der Waals surface area contributed by atoms with Crippen molar-refractivity contribution in [2.24, 2.45) is 0 Å². The minimum atomic E-state index is -0.580. The van der Waals surface area contributed by atoms with Gasteiger partial charge in [0.25, 0.3) is 0 Å². The Balaban J connectivity index is 3.02. The highest BCUT2D eigenvalue weighted by Crippen LogP contribution is 2.14. The predicted octanol–water partition coefficient (Wildman–Crippen LogP) is 3.19. The predicted molar refractivity (Wildman–Crippen MR) is 45.4 cm³/mol. The van der Waals surface area contributed by atoms with Crippen LogP contribution < -0.4 is 0 Å². The van der Waals surface area contributed by atoms with Gasteiger partial charge in [-0.1, -0.05) is 25.1 Å². The number of aryl methyl sites for hydroxylation is 1. The van der Waals surface area contributed by atoms with Crippen molar-refractivity contribution in [3.63, 3.8) is 0 Å². The van der Waals surface area contributed by atoms with Gasteiger partial charge in [0, 0.05) is 0 Å². The molecule has 0 radical (unpaired) electrons. The van der Waals surface area contributed by atoms with Crippen LogP contribution in [-0.4, -0.2) is 0 Å². The third kappa shape index (κ3) is 1.81. The van der Waals surface area contributed by atoms with Crippen LogP contribution in [0.3, 0.4) is 0 Å². The molecule has 0 bridgehead atoms. The first kappa shape index (κ1) is 9.17. The summed E-state index contributed by atoms with van der Waals surface area (Å²) in [5.41, 5.74) is 2.01. The molecule has 0 aliphatic heterocycles. The van der Waals surface area contributed by atoms with E-state index < -0.39 is 13.3 Å². The fourth-order valence-electron chi connectivity index (χ4n) is 1.15. The number of halogens is 2. The maximum atomic E-state index is 12.3. The molecule has 1 aromatic rings. The van der Waals surface area contributed by atoms with E-state index in [4.69, 9.17) is 0 Å². The third-order valence-corrected chi connectivity index (χ3v) is 1.97. The van der Waals surface area contributed by atoms with Crippen LogP contribution in [0.4, 0.5) is 8.78 Å². The smallest absolute Gasteiger partial charge is 0.115 e. The molecule has 0 saturated carbocycles. The minimum Gasteiger partial charge on any atom is -0.246 e.